The summed E-state index contributed by atoms with van der Waals surface area (Å²) in [5.74, 6) is -0.108. The molecular formula is C30H29F3N4O3. The van der Waals surface area contributed by atoms with Crippen LogP contribution in [-0.2, 0) is 0 Å². The minimum Gasteiger partial charge on any atom is -0.388 e. The maximum atomic E-state index is 15.1. The third kappa shape index (κ3) is 4.11. The Morgan fingerprint density at radius 2 is 1.98 bits per heavy atom. The van der Waals surface area contributed by atoms with E-state index < -0.39 is 35.2 Å². The molecule has 1 saturated heterocycles. The standard InChI is InChI=1S/C30H29F3N4O3/c31-17-2-5-25(23(33)12-17)37-13-21(30(40)34-24-11-15-9-16-1-3-18(24)20(16)10-15)28(39)19-4-6-27(35-29(19)37)36-8-7-22(32)26(38)14-36/h2,4-6,12-13,15-16,20,22,26,38H,1,3,7-11,14H2,(H,34,40)/t15?,16?,20?,22-,26-/m1/s1. The summed E-state index contributed by atoms with van der Waals surface area (Å²) in [7, 11) is 0. The van der Waals surface area contributed by atoms with Crippen molar-refractivity contribution in [2.75, 3.05) is 18.0 Å². The molecule has 3 heterocycles. The first kappa shape index (κ1) is 25.3. The van der Waals surface area contributed by atoms with E-state index in [1.807, 2.05) is 0 Å². The van der Waals surface area contributed by atoms with Crippen LogP contribution < -0.4 is 15.6 Å². The van der Waals surface area contributed by atoms with E-state index in [-0.39, 0.29) is 35.2 Å². The second kappa shape index (κ2) is 9.47. The number of aromatic nitrogens is 2. The van der Waals surface area contributed by atoms with Crippen LogP contribution in [0.5, 0.6) is 0 Å². The number of piperidine rings is 1. The molecule has 2 bridgehead atoms. The van der Waals surface area contributed by atoms with Gasteiger partial charge in [-0.2, -0.15) is 0 Å². The fraction of sp³-hybridized carbons (Fsp3) is 0.433. The van der Waals surface area contributed by atoms with Crippen LogP contribution >= 0.6 is 0 Å². The molecule has 7 rings (SSSR count). The summed E-state index contributed by atoms with van der Waals surface area (Å²) in [6, 6.07) is 6.13. The van der Waals surface area contributed by atoms with Crippen molar-refractivity contribution in [1.82, 2.24) is 14.9 Å². The summed E-state index contributed by atoms with van der Waals surface area (Å²) in [4.78, 5) is 33.5. The number of pyridine rings is 2. The summed E-state index contributed by atoms with van der Waals surface area (Å²) in [5.41, 5.74) is 1.47. The van der Waals surface area contributed by atoms with Crippen molar-refractivity contribution in [1.29, 1.82) is 0 Å². The van der Waals surface area contributed by atoms with E-state index in [2.05, 4.69) is 10.3 Å². The van der Waals surface area contributed by atoms with Gasteiger partial charge in [-0.25, -0.2) is 18.2 Å². The Morgan fingerprint density at radius 1 is 1.12 bits per heavy atom. The van der Waals surface area contributed by atoms with Crippen molar-refractivity contribution in [3.63, 3.8) is 0 Å². The molecule has 4 aliphatic rings. The third-order valence-electron chi connectivity index (χ3n) is 9.24. The van der Waals surface area contributed by atoms with E-state index in [1.165, 1.54) is 41.3 Å². The molecule has 0 radical (unpaired) electrons. The number of aliphatic hydroxyl groups excluding tert-OH is 1. The second-order valence-electron chi connectivity index (χ2n) is 11.6. The fourth-order valence-electron chi connectivity index (χ4n) is 7.31. The molecule has 2 N–H and O–H groups in total. The number of hydrogen-bond acceptors (Lipinski definition) is 5. The zero-order valence-corrected chi connectivity index (χ0v) is 21.7. The van der Waals surface area contributed by atoms with Gasteiger partial charge in [-0.05, 0) is 86.1 Å². The molecular weight excluding hydrogens is 521 g/mol. The Labute approximate surface area is 228 Å². The Bertz CT molecular complexity index is 1640. The number of amides is 1. The molecule has 208 valence electrons. The number of aliphatic hydroxyl groups is 1. The number of allylic oxidation sites excluding steroid dienone is 2. The van der Waals surface area contributed by atoms with Crippen molar-refractivity contribution in [2.24, 2.45) is 17.8 Å². The minimum atomic E-state index is -1.34. The molecule has 5 atom stereocenters. The smallest absolute Gasteiger partial charge is 0.260 e. The lowest BCUT2D eigenvalue weighted by atomic mass is 9.86. The molecule has 0 spiro atoms. The number of carbonyl (C=O) groups is 1. The lowest BCUT2D eigenvalue weighted by Crippen LogP contribution is -2.45. The topological polar surface area (TPSA) is 87.5 Å². The molecule has 1 amide bonds. The molecule has 40 heavy (non-hydrogen) atoms. The number of nitrogens with one attached hydrogen (secondary N) is 1. The second-order valence-corrected chi connectivity index (χ2v) is 11.6. The first-order valence-electron chi connectivity index (χ1n) is 13.9. The van der Waals surface area contributed by atoms with Crippen LogP contribution in [0.25, 0.3) is 16.7 Å². The van der Waals surface area contributed by atoms with Crippen LogP contribution in [0.1, 0.15) is 48.9 Å². The van der Waals surface area contributed by atoms with Gasteiger partial charge < -0.3 is 15.3 Å². The average Bonchev–Trinajstić information content (AvgIpc) is 3.48. The van der Waals surface area contributed by atoms with Crippen molar-refractivity contribution in [3.8, 4) is 5.69 Å². The number of nitrogens with zero attached hydrogens (tertiary/aromatic N) is 3. The summed E-state index contributed by atoms with van der Waals surface area (Å²) in [6.07, 6.45) is 4.07. The maximum Gasteiger partial charge on any atom is 0.260 e. The number of halogens is 3. The Morgan fingerprint density at radius 3 is 2.77 bits per heavy atom. The molecule has 2 aromatic heterocycles. The van der Waals surface area contributed by atoms with Crippen LogP contribution in [0.15, 0.2) is 52.6 Å². The normalized spacial score (nSPS) is 27.5. The highest BCUT2D eigenvalue weighted by Crippen LogP contribution is 2.55. The number of β-amino-alcohol motifs (C(OH)–C–C–N with tert-alkyl or cyclic N) is 1. The predicted molar refractivity (Wildman–Crippen MR) is 143 cm³/mol. The Balaban J connectivity index is 1.33. The number of fused-ring (bicyclic) bond motifs is 2. The van der Waals surface area contributed by atoms with Crippen molar-refractivity contribution < 1.29 is 23.1 Å². The highest BCUT2D eigenvalue weighted by molar-refractivity contribution is 5.98. The van der Waals surface area contributed by atoms with E-state index in [0.717, 1.165) is 37.1 Å². The molecule has 1 aliphatic heterocycles. The van der Waals surface area contributed by atoms with E-state index in [4.69, 9.17) is 0 Å². The van der Waals surface area contributed by atoms with Gasteiger partial charge >= 0.3 is 0 Å². The number of hydrogen-bond donors (Lipinski definition) is 2. The van der Waals surface area contributed by atoms with Gasteiger partial charge in [0.25, 0.3) is 5.91 Å². The Hall–Kier alpha value is -3.66. The number of benzene rings is 1. The number of carbonyl (C=O) groups excluding carboxylic acids is 1. The third-order valence-corrected chi connectivity index (χ3v) is 9.24. The molecule has 10 heteroatoms. The maximum absolute atomic E-state index is 15.1. The fourth-order valence-corrected chi connectivity index (χ4v) is 7.31. The van der Waals surface area contributed by atoms with Crippen molar-refractivity contribution in [2.45, 2.75) is 50.8 Å². The highest BCUT2D eigenvalue weighted by Gasteiger charge is 2.45. The lowest BCUT2D eigenvalue weighted by Gasteiger charge is -2.33. The number of anilines is 1. The monoisotopic (exact) mass is 550 g/mol. The molecule has 3 fully saturated rings. The number of alkyl halides is 1. The summed E-state index contributed by atoms with van der Waals surface area (Å²) in [5, 5.41) is 13.1. The van der Waals surface area contributed by atoms with Gasteiger partial charge in [-0.3, -0.25) is 14.2 Å². The zero-order valence-electron chi connectivity index (χ0n) is 21.7. The van der Waals surface area contributed by atoms with Crippen molar-refractivity contribution in [3.05, 3.63) is 75.2 Å². The van der Waals surface area contributed by atoms with Gasteiger partial charge in [0.15, 0.2) is 5.65 Å². The van der Waals surface area contributed by atoms with E-state index in [9.17, 15) is 23.5 Å². The van der Waals surface area contributed by atoms with Gasteiger partial charge in [-0.15, -0.1) is 0 Å². The molecule has 3 unspecified atom stereocenters. The van der Waals surface area contributed by atoms with Crippen LogP contribution in [-0.4, -0.2) is 45.9 Å². The van der Waals surface area contributed by atoms with Crippen LogP contribution in [0, 0.1) is 29.4 Å². The van der Waals surface area contributed by atoms with E-state index in [1.54, 1.807) is 11.0 Å². The first-order valence-corrected chi connectivity index (χ1v) is 13.9. The summed E-state index contributed by atoms with van der Waals surface area (Å²) in [6.45, 7) is 0.308. The highest BCUT2D eigenvalue weighted by atomic mass is 19.1. The van der Waals surface area contributed by atoms with E-state index in [0.29, 0.717) is 30.1 Å². The van der Waals surface area contributed by atoms with Crippen LogP contribution in [0.2, 0.25) is 0 Å². The molecule has 3 aliphatic carbocycles. The number of rotatable bonds is 4. The van der Waals surface area contributed by atoms with Crippen LogP contribution in [0.3, 0.4) is 0 Å². The summed E-state index contributed by atoms with van der Waals surface area (Å²) >= 11 is 0. The van der Waals surface area contributed by atoms with Crippen LogP contribution in [0.4, 0.5) is 19.0 Å². The average molecular weight is 551 g/mol. The van der Waals surface area contributed by atoms with Gasteiger partial charge in [0.1, 0.15) is 35.3 Å². The molecule has 7 nitrogen and oxygen atoms in total. The van der Waals surface area contributed by atoms with Gasteiger partial charge in [0.2, 0.25) is 5.43 Å². The van der Waals surface area contributed by atoms with Gasteiger partial charge in [0.05, 0.1) is 11.1 Å². The SMILES string of the molecule is O=C(NC1=C2CCC3CC(C1)CC23)c1cn(-c2ccc(F)cc2F)c2nc(N3CC[C@@H](F)[C@H](O)C3)ccc2c1=O. The van der Waals surface area contributed by atoms with Crippen molar-refractivity contribution >= 4 is 22.8 Å². The first-order chi connectivity index (χ1) is 19.3. The molecule has 2 saturated carbocycles. The minimum absolute atomic E-state index is 0.00952. The zero-order chi connectivity index (χ0) is 27.7. The quantitative estimate of drug-likeness (QED) is 0.503. The molecule has 3 aromatic rings. The lowest BCUT2D eigenvalue weighted by molar-refractivity contribution is 0.0643. The largest absolute Gasteiger partial charge is 0.388 e. The molecule has 1 aromatic carbocycles. The van der Waals surface area contributed by atoms with Gasteiger partial charge in [-0.1, -0.05) is 0 Å². The predicted octanol–water partition coefficient (Wildman–Crippen LogP) is 4.40. The van der Waals surface area contributed by atoms with E-state index >= 15 is 4.39 Å². The summed E-state index contributed by atoms with van der Waals surface area (Å²) < 4.78 is 44.0. The Kier molecular flexibility index (Phi) is 5.99. The van der Waals surface area contributed by atoms with Gasteiger partial charge in [0, 0.05) is 31.0 Å².